The molecule has 5 heteroatoms. The maximum atomic E-state index is 11.9. The van der Waals surface area contributed by atoms with Crippen LogP contribution in [0.5, 0.6) is 0 Å². The van der Waals surface area contributed by atoms with Crippen molar-refractivity contribution in [3.63, 3.8) is 0 Å². The van der Waals surface area contributed by atoms with Gasteiger partial charge in [0.2, 0.25) is 0 Å². The smallest absolute Gasteiger partial charge is 0.310 e. The predicted molar refractivity (Wildman–Crippen MR) is 90.1 cm³/mol. The fourth-order valence-corrected chi connectivity index (χ4v) is 2.51. The number of anilines is 1. The standard InChI is InChI=1S/C17H20BNO3/c1-16(2,21)17(3,4)22-18-12-8-9-13-14-10(12)6-5-7-11(14)15(20)19-13/h5-9,18,21H,1-4H3,(H,19,20). The van der Waals surface area contributed by atoms with E-state index in [9.17, 15) is 9.90 Å². The summed E-state index contributed by atoms with van der Waals surface area (Å²) in [6, 6.07) is 9.59. The van der Waals surface area contributed by atoms with Gasteiger partial charge in [0.05, 0.1) is 11.2 Å². The van der Waals surface area contributed by atoms with E-state index in [0.717, 1.165) is 21.9 Å². The summed E-state index contributed by atoms with van der Waals surface area (Å²) in [5.41, 5.74) is 0.940. The van der Waals surface area contributed by atoms with Crippen LogP contribution in [0.3, 0.4) is 0 Å². The normalized spacial score (nSPS) is 14.3. The van der Waals surface area contributed by atoms with Crippen molar-refractivity contribution in [1.82, 2.24) is 0 Å². The minimum Gasteiger partial charge on any atom is -0.427 e. The van der Waals surface area contributed by atoms with Gasteiger partial charge in [-0.1, -0.05) is 18.2 Å². The summed E-state index contributed by atoms with van der Waals surface area (Å²) in [6.45, 7) is 7.22. The van der Waals surface area contributed by atoms with Crippen LogP contribution < -0.4 is 10.8 Å². The topological polar surface area (TPSA) is 58.6 Å². The molecule has 2 aromatic carbocycles. The zero-order chi connectivity index (χ0) is 16.1. The Balaban J connectivity index is 1.97. The first-order valence-corrected chi connectivity index (χ1v) is 7.43. The van der Waals surface area contributed by atoms with Gasteiger partial charge in [0.15, 0.2) is 0 Å². The van der Waals surface area contributed by atoms with E-state index in [1.165, 1.54) is 0 Å². The van der Waals surface area contributed by atoms with Crippen LogP contribution in [0.25, 0.3) is 10.8 Å². The lowest BCUT2D eigenvalue weighted by Crippen LogP contribution is -2.49. The Bertz CT molecular complexity index is 762. The van der Waals surface area contributed by atoms with Gasteiger partial charge in [0.25, 0.3) is 5.91 Å². The third-order valence-corrected chi connectivity index (χ3v) is 4.69. The molecular formula is C17H20BNO3. The number of rotatable bonds is 4. The lowest BCUT2D eigenvalue weighted by atomic mass is 9.80. The van der Waals surface area contributed by atoms with E-state index in [1.807, 2.05) is 44.2 Å². The van der Waals surface area contributed by atoms with Crippen molar-refractivity contribution in [2.24, 2.45) is 0 Å². The number of carbonyl (C=O) groups excluding carboxylic acids is 1. The number of nitrogens with one attached hydrogen (secondary N) is 1. The van der Waals surface area contributed by atoms with Crippen molar-refractivity contribution in [1.29, 1.82) is 0 Å². The highest BCUT2D eigenvalue weighted by Gasteiger charge is 2.36. The monoisotopic (exact) mass is 297 g/mol. The first kappa shape index (κ1) is 15.1. The highest BCUT2D eigenvalue weighted by Crippen LogP contribution is 2.32. The molecule has 0 unspecified atom stereocenters. The van der Waals surface area contributed by atoms with Gasteiger partial charge in [0, 0.05) is 16.6 Å². The second-order valence-electron chi connectivity index (χ2n) is 6.81. The molecule has 2 N–H and O–H groups in total. The van der Waals surface area contributed by atoms with Crippen molar-refractivity contribution in [3.8, 4) is 0 Å². The molecule has 0 atom stereocenters. The molecule has 0 saturated carbocycles. The molecule has 0 spiro atoms. The second kappa shape index (κ2) is 4.83. The summed E-state index contributed by atoms with van der Waals surface area (Å²) < 4.78 is 5.96. The van der Waals surface area contributed by atoms with Crippen LogP contribution in [-0.4, -0.2) is 29.7 Å². The summed E-state index contributed by atoms with van der Waals surface area (Å²) in [7, 11) is 0.380. The van der Waals surface area contributed by atoms with E-state index in [1.54, 1.807) is 13.8 Å². The largest absolute Gasteiger partial charge is 0.427 e. The zero-order valence-electron chi connectivity index (χ0n) is 13.4. The summed E-state index contributed by atoms with van der Waals surface area (Å²) in [4.78, 5) is 11.9. The highest BCUT2D eigenvalue weighted by molar-refractivity contribution is 6.52. The molecule has 0 aliphatic carbocycles. The van der Waals surface area contributed by atoms with E-state index < -0.39 is 11.2 Å². The lowest BCUT2D eigenvalue weighted by molar-refractivity contribution is -0.0893. The summed E-state index contributed by atoms with van der Waals surface area (Å²) in [6.07, 6.45) is 0. The lowest BCUT2D eigenvalue weighted by Gasteiger charge is -2.37. The molecule has 1 aliphatic rings. The van der Waals surface area contributed by atoms with Crippen LogP contribution in [0.4, 0.5) is 5.69 Å². The Hall–Kier alpha value is -1.85. The van der Waals surface area contributed by atoms with Crippen LogP contribution in [-0.2, 0) is 4.65 Å². The molecule has 0 aromatic heterocycles. The molecule has 1 heterocycles. The number of carbonyl (C=O) groups is 1. The number of hydrogen-bond acceptors (Lipinski definition) is 3. The molecule has 0 radical (unpaired) electrons. The third kappa shape index (κ3) is 2.30. The van der Waals surface area contributed by atoms with Gasteiger partial charge < -0.3 is 15.1 Å². The van der Waals surface area contributed by atoms with Gasteiger partial charge in [-0.15, -0.1) is 0 Å². The average molecular weight is 297 g/mol. The first-order chi connectivity index (χ1) is 10.2. The quantitative estimate of drug-likeness (QED) is 0.848. The maximum Gasteiger partial charge on any atom is 0.310 e. The Kier molecular flexibility index (Phi) is 3.31. The molecular weight excluding hydrogens is 277 g/mol. The summed E-state index contributed by atoms with van der Waals surface area (Å²) >= 11 is 0. The van der Waals surface area contributed by atoms with Crippen LogP contribution in [0.2, 0.25) is 0 Å². The van der Waals surface area contributed by atoms with Gasteiger partial charge in [-0.25, -0.2) is 0 Å². The second-order valence-corrected chi connectivity index (χ2v) is 6.81. The fourth-order valence-electron chi connectivity index (χ4n) is 2.51. The molecule has 22 heavy (non-hydrogen) atoms. The van der Waals surface area contributed by atoms with Crippen molar-refractivity contribution in [2.45, 2.75) is 38.9 Å². The number of amides is 1. The van der Waals surface area contributed by atoms with Crippen molar-refractivity contribution in [3.05, 3.63) is 35.9 Å². The van der Waals surface area contributed by atoms with E-state index in [2.05, 4.69) is 5.32 Å². The van der Waals surface area contributed by atoms with E-state index in [-0.39, 0.29) is 5.91 Å². The minimum atomic E-state index is -0.945. The maximum absolute atomic E-state index is 11.9. The van der Waals surface area contributed by atoms with Crippen LogP contribution >= 0.6 is 0 Å². The van der Waals surface area contributed by atoms with Crippen molar-refractivity contribution >= 4 is 35.3 Å². The number of aliphatic hydroxyl groups is 1. The van der Waals surface area contributed by atoms with Gasteiger partial charge in [-0.2, -0.15) is 0 Å². The Morgan fingerprint density at radius 3 is 2.55 bits per heavy atom. The third-order valence-electron chi connectivity index (χ3n) is 4.69. The summed E-state index contributed by atoms with van der Waals surface area (Å²) in [5.74, 6) is -0.0597. The van der Waals surface area contributed by atoms with E-state index in [0.29, 0.717) is 13.0 Å². The molecule has 0 fully saturated rings. The van der Waals surface area contributed by atoms with Crippen LogP contribution in [0.15, 0.2) is 30.3 Å². The first-order valence-electron chi connectivity index (χ1n) is 7.43. The Morgan fingerprint density at radius 2 is 1.86 bits per heavy atom. The molecule has 1 aliphatic heterocycles. The van der Waals surface area contributed by atoms with Crippen molar-refractivity contribution in [2.75, 3.05) is 5.32 Å². The SMILES string of the molecule is CC(C)(O)C(C)(C)OBc1ccc2c3c(cccc13)C(=O)N2. The molecule has 0 bridgehead atoms. The molecule has 0 saturated heterocycles. The van der Waals surface area contributed by atoms with Crippen LogP contribution in [0.1, 0.15) is 38.1 Å². The number of benzene rings is 2. The van der Waals surface area contributed by atoms with Gasteiger partial charge in [-0.3, -0.25) is 4.79 Å². The Labute approximate surface area is 130 Å². The number of hydrogen-bond donors (Lipinski definition) is 2. The van der Waals surface area contributed by atoms with Gasteiger partial charge >= 0.3 is 7.48 Å². The summed E-state index contributed by atoms with van der Waals surface area (Å²) in [5, 5.41) is 15.0. The van der Waals surface area contributed by atoms with E-state index >= 15 is 0 Å². The molecule has 3 rings (SSSR count). The molecule has 1 amide bonds. The minimum absolute atomic E-state index is 0.0597. The average Bonchev–Trinajstić information content (AvgIpc) is 2.76. The Morgan fingerprint density at radius 1 is 1.14 bits per heavy atom. The van der Waals surface area contributed by atoms with Crippen LogP contribution in [0, 0.1) is 0 Å². The zero-order valence-corrected chi connectivity index (χ0v) is 13.4. The van der Waals surface area contributed by atoms with Crippen molar-refractivity contribution < 1.29 is 14.6 Å². The molecule has 4 nitrogen and oxygen atoms in total. The fraction of sp³-hybridized carbons (Fsp3) is 0.353. The predicted octanol–water partition coefficient (Wildman–Crippen LogP) is 1.95. The van der Waals surface area contributed by atoms with Gasteiger partial charge in [-0.05, 0) is 50.7 Å². The molecule has 114 valence electrons. The highest BCUT2D eigenvalue weighted by atomic mass is 16.5. The van der Waals surface area contributed by atoms with Gasteiger partial charge in [0.1, 0.15) is 0 Å². The van der Waals surface area contributed by atoms with E-state index in [4.69, 9.17) is 4.65 Å². The molecule has 2 aromatic rings.